The van der Waals surface area contributed by atoms with Crippen LogP contribution in [-0.2, 0) is 14.2 Å². The first-order valence-corrected chi connectivity index (χ1v) is 8.61. The third-order valence-electron chi connectivity index (χ3n) is 3.39. The number of nitrogens with one attached hydrogen (secondary N) is 1. The van der Waals surface area contributed by atoms with E-state index in [-0.39, 0.29) is 0 Å². The Balaban J connectivity index is 3.18. The zero-order valence-electron chi connectivity index (χ0n) is 14.7. The third kappa shape index (κ3) is 16.0. The molecule has 1 unspecified atom stereocenters. The fourth-order valence-electron chi connectivity index (χ4n) is 2.17. The summed E-state index contributed by atoms with van der Waals surface area (Å²) < 4.78 is 16.5. The van der Waals surface area contributed by atoms with Crippen molar-refractivity contribution >= 4 is 0 Å². The van der Waals surface area contributed by atoms with Crippen LogP contribution in [-0.4, -0.2) is 52.7 Å². The summed E-state index contributed by atoms with van der Waals surface area (Å²) >= 11 is 0. The average Bonchev–Trinajstić information content (AvgIpc) is 2.46. The second-order valence-corrected chi connectivity index (χ2v) is 5.95. The topological polar surface area (TPSA) is 39.7 Å². The monoisotopic (exact) mass is 303 g/mol. The summed E-state index contributed by atoms with van der Waals surface area (Å²) in [5.41, 5.74) is 0. The lowest BCUT2D eigenvalue weighted by Crippen LogP contribution is -2.27. The zero-order valence-corrected chi connectivity index (χ0v) is 14.7. The van der Waals surface area contributed by atoms with Gasteiger partial charge in [0.25, 0.3) is 0 Å². The van der Waals surface area contributed by atoms with Crippen molar-refractivity contribution in [2.24, 2.45) is 5.92 Å². The van der Waals surface area contributed by atoms with Gasteiger partial charge in [0.2, 0.25) is 0 Å². The van der Waals surface area contributed by atoms with E-state index in [0.717, 1.165) is 32.0 Å². The van der Waals surface area contributed by atoms with Crippen LogP contribution in [0.5, 0.6) is 0 Å². The summed E-state index contributed by atoms with van der Waals surface area (Å²) in [7, 11) is 2.05. The highest BCUT2D eigenvalue weighted by Crippen LogP contribution is 2.09. The summed E-state index contributed by atoms with van der Waals surface area (Å²) in [6.07, 6.45) is 5.84. The molecule has 0 aliphatic carbocycles. The zero-order chi connectivity index (χ0) is 15.8. The minimum Gasteiger partial charge on any atom is -0.379 e. The lowest BCUT2D eigenvalue weighted by atomic mass is 10.0. The second kappa shape index (κ2) is 16.2. The number of unbranched alkanes of at least 4 members (excludes halogenated alkanes) is 1. The number of ether oxygens (including phenoxy) is 3. The molecule has 0 fully saturated rings. The molecule has 0 aliphatic rings. The van der Waals surface area contributed by atoms with Crippen molar-refractivity contribution < 1.29 is 14.2 Å². The van der Waals surface area contributed by atoms with E-state index >= 15 is 0 Å². The quantitative estimate of drug-likeness (QED) is 0.444. The first-order valence-electron chi connectivity index (χ1n) is 8.61. The Morgan fingerprint density at radius 3 is 1.81 bits per heavy atom. The minimum absolute atomic E-state index is 0.616. The van der Waals surface area contributed by atoms with E-state index in [1.165, 1.54) is 19.3 Å². The molecule has 0 amide bonds. The van der Waals surface area contributed by atoms with Crippen molar-refractivity contribution in [3.8, 4) is 0 Å². The number of hydrogen-bond acceptors (Lipinski definition) is 4. The maximum absolute atomic E-state index is 5.59. The summed E-state index contributed by atoms with van der Waals surface area (Å²) in [5, 5.41) is 3.38. The van der Waals surface area contributed by atoms with Crippen LogP contribution in [0.25, 0.3) is 0 Å². The highest BCUT2D eigenvalue weighted by Gasteiger charge is 2.07. The van der Waals surface area contributed by atoms with Gasteiger partial charge in [0, 0.05) is 19.3 Å². The normalized spacial score (nSPS) is 13.0. The largest absolute Gasteiger partial charge is 0.379 e. The second-order valence-electron chi connectivity index (χ2n) is 5.95. The number of rotatable bonds is 16. The van der Waals surface area contributed by atoms with Crippen LogP contribution in [0.15, 0.2) is 0 Å². The molecule has 0 saturated heterocycles. The third-order valence-corrected chi connectivity index (χ3v) is 3.39. The predicted molar refractivity (Wildman–Crippen MR) is 88.9 cm³/mol. The summed E-state index contributed by atoms with van der Waals surface area (Å²) in [4.78, 5) is 0. The molecule has 0 aromatic heterocycles. The summed E-state index contributed by atoms with van der Waals surface area (Å²) in [6.45, 7) is 11.1. The Labute approximate surface area is 131 Å². The Morgan fingerprint density at radius 1 is 0.810 bits per heavy atom. The molecule has 4 heteroatoms. The molecule has 0 bridgehead atoms. The molecule has 128 valence electrons. The fraction of sp³-hybridized carbons (Fsp3) is 1.00. The molecule has 0 rings (SSSR count). The van der Waals surface area contributed by atoms with Crippen LogP contribution in [0.3, 0.4) is 0 Å². The number of hydrogen-bond donors (Lipinski definition) is 1. The molecule has 0 spiro atoms. The first-order chi connectivity index (χ1) is 10.2. The van der Waals surface area contributed by atoms with E-state index in [9.17, 15) is 0 Å². The first kappa shape index (κ1) is 20.8. The molecule has 0 heterocycles. The smallest absolute Gasteiger partial charge is 0.0701 e. The Bertz CT molecular complexity index is 200. The van der Waals surface area contributed by atoms with Gasteiger partial charge in [-0.1, -0.05) is 27.2 Å². The molecule has 21 heavy (non-hydrogen) atoms. The minimum atomic E-state index is 0.616. The van der Waals surface area contributed by atoms with Crippen LogP contribution < -0.4 is 5.32 Å². The average molecular weight is 303 g/mol. The van der Waals surface area contributed by atoms with Crippen LogP contribution in [0, 0.1) is 5.92 Å². The molecule has 1 atom stereocenters. The van der Waals surface area contributed by atoms with Gasteiger partial charge in [0.15, 0.2) is 0 Å². The molecule has 0 aromatic carbocycles. The van der Waals surface area contributed by atoms with Crippen LogP contribution >= 0.6 is 0 Å². The summed E-state index contributed by atoms with van der Waals surface area (Å²) in [5.74, 6) is 0.747. The van der Waals surface area contributed by atoms with Crippen molar-refractivity contribution in [3.63, 3.8) is 0 Å². The standard InChI is InChI=1S/C17H37NO3/c1-5-6-9-19-11-13-21-14-12-20-10-7-8-17(18-4)15-16(2)3/h16-18H,5-15H2,1-4H3. The molecular formula is C17H37NO3. The highest BCUT2D eigenvalue weighted by atomic mass is 16.5. The Hall–Kier alpha value is -0.160. The predicted octanol–water partition coefficient (Wildman–Crippen LogP) is 3.25. The SMILES string of the molecule is CCCCOCCOCCOCCCC(CC(C)C)NC. The lowest BCUT2D eigenvalue weighted by molar-refractivity contribution is 0.0131. The van der Waals surface area contributed by atoms with Gasteiger partial charge in [-0.2, -0.15) is 0 Å². The highest BCUT2D eigenvalue weighted by molar-refractivity contribution is 4.66. The molecule has 0 aliphatic heterocycles. The van der Waals surface area contributed by atoms with E-state index in [1.807, 2.05) is 7.05 Å². The Morgan fingerprint density at radius 2 is 1.33 bits per heavy atom. The van der Waals surface area contributed by atoms with Crippen LogP contribution in [0.1, 0.15) is 52.9 Å². The van der Waals surface area contributed by atoms with E-state index < -0.39 is 0 Å². The van der Waals surface area contributed by atoms with Gasteiger partial charge >= 0.3 is 0 Å². The molecule has 1 N–H and O–H groups in total. The molecule has 0 saturated carbocycles. The van der Waals surface area contributed by atoms with Gasteiger partial charge < -0.3 is 19.5 Å². The maximum Gasteiger partial charge on any atom is 0.0701 e. The molecular weight excluding hydrogens is 266 g/mol. The van der Waals surface area contributed by atoms with E-state index in [0.29, 0.717) is 32.5 Å². The maximum atomic E-state index is 5.59. The van der Waals surface area contributed by atoms with Crippen molar-refractivity contribution in [2.75, 3.05) is 46.7 Å². The molecule has 4 nitrogen and oxygen atoms in total. The van der Waals surface area contributed by atoms with Crippen molar-refractivity contribution in [3.05, 3.63) is 0 Å². The summed E-state index contributed by atoms with van der Waals surface area (Å²) in [6, 6.07) is 0.616. The van der Waals surface area contributed by atoms with Gasteiger partial charge in [0.1, 0.15) is 0 Å². The molecule has 0 radical (unpaired) electrons. The van der Waals surface area contributed by atoms with Crippen molar-refractivity contribution in [1.82, 2.24) is 5.32 Å². The molecule has 0 aromatic rings. The van der Waals surface area contributed by atoms with Crippen molar-refractivity contribution in [2.45, 2.75) is 58.9 Å². The van der Waals surface area contributed by atoms with Gasteiger partial charge in [-0.15, -0.1) is 0 Å². The van der Waals surface area contributed by atoms with Crippen LogP contribution in [0.4, 0.5) is 0 Å². The van der Waals surface area contributed by atoms with E-state index in [1.54, 1.807) is 0 Å². The van der Waals surface area contributed by atoms with E-state index in [2.05, 4.69) is 26.1 Å². The van der Waals surface area contributed by atoms with Gasteiger partial charge in [-0.3, -0.25) is 0 Å². The lowest BCUT2D eigenvalue weighted by Gasteiger charge is -2.18. The van der Waals surface area contributed by atoms with Gasteiger partial charge in [-0.25, -0.2) is 0 Å². The van der Waals surface area contributed by atoms with E-state index in [4.69, 9.17) is 14.2 Å². The van der Waals surface area contributed by atoms with Crippen LogP contribution in [0.2, 0.25) is 0 Å². The fourth-order valence-corrected chi connectivity index (χ4v) is 2.17. The van der Waals surface area contributed by atoms with Gasteiger partial charge in [-0.05, 0) is 38.6 Å². The van der Waals surface area contributed by atoms with Gasteiger partial charge in [0.05, 0.1) is 26.4 Å². The van der Waals surface area contributed by atoms with Crippen molar-refractivity contribution in [1.29, 1.82) is 0 Å². The Kier molecular flexibility index (Phi) is 16.1.